The molecule has 0 heterocycles. The summed E-state index contributed by atoms with van der Waals surface area (Å²) in [6.45, 7) is 6.46. The van der Waals surface area contributed by atoms with Crippen LogP contribution in [0.5, 0.6) is 0 Å². The molecule has 0 amide bonds. The highest BCUT2D eigenvalue weighted by atomic mass is 16.6. The van der Waals surface area contributed by atoms with Gasteiger partial charge in [0.25, 0.3) is 0 Å². The summed E-state index contributed by atoms with van der Waals surface area (Å²) in [6.07, 6.45) is 97.5. The first-order valence-corrected chi connectivity index (χ1v) is 34.2. The molecule has 1 unspecified atom stereocenters. The fourth-order valence-electron chi connectivity index (χ4n) is 9.30. The van der Waals surface area contributed by atoms with Crippen molar-refractivity contribution in [3.05, 3.63) is 134 Å². The number of carbonyl (C=O) groups is 3. The molecule has 82 heavy (non-hydrogen) atoms. The van der Waals surface area contributed by atoms with Crippen molar-refractivity contribution >= 4 is 17.9 Å². The largest absolute Gasteiger partial charge is 0.462 e. The summed E-state index contributed by atoms with van der Waals surface area (Å²) in [7, 11) is 0. The minimum absolute atomic E-state index is 0.0885. The van der Waals surface area contributed by atoms with E-state index >= 15 is 0 Å². The van der Waals surface area contributed by atoms with E-state index < -0.39 is 6.10 Å². The third kappa shape index (κ3) is 66.4. The van der Waals surface area contributed by atoms with Crippen LogP contribution in [0.25, 0.3) is 0 Å². The molecule has 0 rings (SSSR count). The molecule has 0 aromatic rings. The van der Waals surface area contributed by atoms with Crippen molar-refractivity contribution in [2.24, 2.45) is 0 Å². The standard InChI is InChI=1S/C76H126O6/c1-4-7-10-13-16-19-22-25-27-29-30-31-32-33-34-35-36-37-38-39-40-41-42-43-44-45-46-47-49-51-54-57-60-63-66-69-75(78)81-72-73(71-80-74(77)68-65-62-59-56-53-50-24-21-18-15-12-9-6-3)82-76(79)70-67-64-61-58-55-52-48-28-26-23-20-17-14-11-8-5-2/h7,10,12,15-16,19,21,24-25,27,30-31,33-34,36-37,39-40,42-43,45-46,73H,4-6,8-9,11,13-14,17-18,20,22-23,26,28-29,32,35,38,41,44,47-72H2,1-3H3/b10-7-,15-12-,19-16-,24-21-,27-25-,31-30-,34-33-,37-36-,40-39-,43-42-,46-45-. The fraction of sp³-hybridized carbons (Fsp3) is 0.671. The molecule has 0 bridgehead atoms. The van der Waals surface area contributed by atoms with Crippen molar-refractivity contribution in [1.82, 2.24) is 0 Å². The number of allylic oxidation sites excluding steroid dienone is 22. The van der Waals surface area contributed by atoms with Gasteiger partial charge in [-0.2, -0.15) is 0 Å². The van der Waals surface area contributed by atoms with Crippen LogP contribution in [0.2, 0.25) is 0 Å². The number of ether oxygens (including phenoxy) is 3. The molecular formula is C76H126O6. The number of hydrogen-bond acceptors (Lipinski definition) is 6. The zero-order chi connectivity index (χ0) is 59.2. The Balaban J connectivity index is 4.27. The summed E-state index contributed by atoms with van der Waals surface area (Å²) in [5.74, 6) is -0.905. The van der Waals surface area contributed by atoms with Gasteiger partial charge in [-0.25, -0.2) is 0 Å². The SMILES string of the molecule is CC/C=C\C/C=C\C/C=C\C/C=C\C/C=C\C/C=C\C/C=C\C/C=C\C/C=C\CCCCCCCCCC(=O)OCC(COC(=O)CCCCCCC/C=C\C/C=C\CCC)OC(=O)CCCCCCCCCCCCCCCCCC. The molecule has 0 aliphatic carbocycles. The normalized spacial score (nSPS) is 13.0. The highest BCUT2D eigenvalue weighted by Gasteiger charge is 2.19. The first-order valence-electron chi connectivity index (χ1n) is 34.2. The van der Waals surface area contributed by atoms with E-state index in [9.17, 15) is 14.4 Å². The van der Waals surface area contributed by atoms with Gasteiger partial charge < -0.3 is 14.2 Å². The van der Waals surface area contributed by atoms with Crippen molar-refractivity contribution in [2.45, 2.75) is 316 Å². The second-order valence-electron chi connectivity index (χ2n) is 22.4. The number of hydrogen-bond donors (Lipinski definition) is 0. The quantitative estimate of drug-likeness (QED) is 0.0261. The predicted molar refractivity (Wildman–Crippen MR) is 357 cm³/mol. The number of esters is 3. The molecule has 0 aliphatic rings. The Kier molecular flexibility index (Phi) is 65.3. The highest BCUT2D eigenvalue weighted by Crippen LogP contribution is 2.16. The average Bonchev–Trinajstić information content (AvgIpc) is 3.47. The Morgan fingerprint density at radius 1 is 0.256 bits per heavy atom. The van der Waals surface area contributed by atoms with Crippen LogP contribution in [0.3, 0.4) is 0 Å². The Morgan fingerprint density at radius 3 is 0.793 bits per heavy atom. The highest BCUT2D eigenvalue weighted by molar-refractivity contribution is 5.71. The molecule has 0 aliphatic heterocycles. The smallest absolute Gasteiger partial charge is 0.306 e. The van der Waals surface area contributed by atoms with Crippen LogP contribution in [0, 0.1) is 0 Å². The third-order valence-electron chi connectivity index (χ3n) is 14.4. The Morgan fingerprint density at radius 2 is 0.500 bits per heavy atom. The maximum Gasteiger partial charge on any atom is 0.306 e. The van der Waals surface area contributed by atoms with E-state index in [2.05, 4.69) is 154 Å². The van der Waals surface area contributed by atoms with E-state index in [0.29, 0.717) is 19.3 Å². The lowest BCUT2D eigenvalue weighted by molar-refractivity contribution is -0.167. The van der Waals surface area contributed by atoms with Gasteiger partial charge in [-0.05, 0) is 116 Å². The van der Waals surface area contributed by atoms with Crippen LogP contribution in [-0.2, 0) is 28.6 Å². The molecule has 0 aromatic heterocycles. The van der Waals surface area contributed by atoms with Crippen LogP contribution < -0.4 is 0 Å². The first kappa shape index (κ1) is 77.5. The summed E-state index contributed by atoms with van der Waals surface area (Å²) in [4.78, 5) is 38.3. The number of carbonyl (C=O) groups excluding carboxylic acids is 3. The lowest BCUT2D eigenvalue weighted by Gasteiger charge is -2.18. The summed E-state index contributed by atoms with van der Waals surface area (Å²) in [5, 5.41) is 0. The first-order chi connectivity index (χ1) is 40.5. The van der Waals surface area contributed by atoms with Crippen LogP contribution in [0.1, 0.15) is 310 Å². The van der Waals surface area contributed by atoms with Gasteiger partial charge in [0.05, 0.1) is 0 Å². The monoisotopic (exact) mass is 1130 g/mol. The molecular weight excluding hydrogens is 1010 g/mol. The zero-order valence-corrected chi connectivity index (χ0v) is 53.5. The Labute approximate surface area is 506 Å². The molecule has 6 nitrogen and oxygen atoms in total. The van der Waals surface area contributed by atoms with Gasteiger partial charge in [-0.3, -0.25) is 14.4 Å². The molecule has 0 N–H and O–H groups in total. The fourth-order valence-corrected chi connectivity index (χ4v) is 9.30. The summed E-state index contributed by atoms with van der Waals surface area (Å²) in [6, 6.07) is 0. The number of rotatable bonds is 61. The molecule has 0 radical (unpaired) electrons. The van der Waals surface area contributed by atoms with Gasteiger partial charge in [0.15, 0.2) is 6.10 Å². The maximum absolute atomic E-state index is 12.9. The van der Waals surface area contributed by atoms with Crippen molar-refractivity contribution in [2.75, 3.05) is 13.2 Å². The van der Waals surface area contributed by atoms with Gasteiger partial charge in [0.1, 0.15) is 13.2 Å². The molecule has 0 fully saturated rings. The maximum atomic E-state index is 12.9. The molecule has 0 spiro atoms. The van der Waals surface area contributed by atoms with E-state index in [0.717, 1.165) is 154 Å². The molecule has 466 valence electrons. The average molecular weight is 1140 g/mol. The van der Waals surface area contributed by atoms with Gasteiger partial charge in [0, 0.05) is 19.3 Å². The summed E-state index contributed by atoms with van der Waals surface area (Å²) >= 11 is 0. The third-order valence-corrected chi connectivity index (χ3v) is 14.4. The molecule has 1 atom stereocenters. The van der Waals surface area contributed by atoms with E-state index in [1.807, 2.05) is 0 Å². The summed E-state index contributed by atoms with van der Waals surface area (Å²) in [5.41, 5.74) is 0. The molecule has 0 saturated heterocycles. The van der Waals surface area contributed by atoms with E-state index in [1.54, 1.807) is 0 Å². The van der Waals surface area contributed by atoms with Crippen LogP contribution in [-0.4, -0.2) is 37.2 Å². The predicted octanol–water partition coefficient (Wildman–Crippen LogP) is 23.7. The number of unbranched alkanes of at least 4 members (excludes halogenated alkanes) is 28. The van der Waals surface area contributed by atoms with Gasteiger partial charge in [-0.15, -0.1) is 0 Å². The lowest BCUT2D eigenvalue weighted by Crippen LogP contribution is -2.30. The van der Waals surface area contributed by atoms with Crippen molar-refractivity contribution < 1.29 is 28.6 Å². The molecule has 6 heteroatoms. The van der Waals surface area contributed by atoms with Gasteiger partial charge >= 0.3 is 17.9 Å². The second-order valence-corrected chi connectivity index (χ2v) is 22.4. The minimum atomic E-state index is -0.791. The van der Waals surface area contributed by atoms with Crippen molar-refractivity contribution in [1.29, 1.82) is 0 Å². The van der Waals surface area contributed by atoms with E-state index in [-0.39, 0.29) is 31.1 Å². The van der Waals surface area contributed by atoms with E-state index in [4.69, 9.17) is 14.2 Å². The minimum Gasteiger partial charge on any atom is -0.462 e. The van der Waals surface area contributed by atoms with Crippen molar-refractivity contribution in [3.8, 4) is 0 Å². The van der Waals surface area contributed by atoms with Gasteiger partial charge in [0.2, 0.25) is 0 Å². The second kappa shape index (κ2) is 69.0. The van der Waals surface area contributed by atoms with Gasteiger partial charge in [-0.1, -0.05) is 309 Å². The Bertz CT molecular complexity index is 1730. The zero-order valence-electron chi connectivity index (χ0n) is 53.5. The molecule has 0 saturated carbocycles. The lowest BCUT2D eigenvalue weighted by atomic mass is 10.0. The van der Waals surface area contributed by atoms with Crippen LogP contribution in [0.15, 0.2) is 134 Å². The molecule has 0 aromatic carbocycles. The Hall–Kier alpha value is -4.45. The van der Waals surface area contributed by atoms with Crippen molar-refractivity contribution in [3.63, 3.8) is 0 Å². The summed E-state index contributed by atoms with van der Waals surface area (Å²) < 4.78 is 16.9. The van der Waals surface area contributed by atoms with Crippen LogP contribution in [0.4, 0.5) is 0 Å². The topological polar surface area (TPSA) is 78.9 Å². The van der Waals surface area contributed by atoms with E-state index in [1.165, 1.54) is 116 Å². The van der Waals surface area contributed by atoms with Crippen LogP contribution >= 0.6 is 0 Å².